The number of halogens is 4. The summed E-state index contributed by atoms with van der Waals surface area (Å²) in [6.07, 6.45) is -4.85. The van der Waals surface area contributed by atoms with E-state index in [2.05, 4.69) is 31.2 Å². The summed E-state index contributed by atoms with van der Waals surface area (Å²) in [5.41, 5.74) is -2.19. The number of alkyl halides is 3. The average molecular weight is 581 g/mol. The first-order chi connectivity index (χ1) is 15.9. The van der Waals surface area contributed by atoms with Gasteiger partial charge in [-0.3, -0.25) is 9.88 Å². The van der Waals surface area contributed by atoms with Gasteiger partial charge in [0.25, 0.3) is 0 Å². The Hall–Kier alpha value is -2.41. The van der Waals surface area contributed by atoms with E-state index < -0.39 is 41.3 Å². The molecule has 0 aliphatic carbocycles. The summed E-state index contributed by atoms with van der Waals surface area (Å²) in [4.78, 5) is 34.5. The summed E-state index contributed by atoms with van der Waals surface area (Å²) in [5, 5.41) is 4.69. The molecule has 2 amide bonds. The van der Waals surface area contributed by atoms with E-state index in [0.717, 1.165) is 12.3 Å². The molecule has 2 rings (SSSR count). The number of nitrogens with zero attached hydrogens (tertiary/aromatic N) is 3. The first-order valence-electron chi connectivity index (χ1n) is 10.6. The zero-order valence-corrected chi connectivity index (χ0v) is 22.6. The maximum atomic E-state index is 13.0. The quantitative estimate of drug-likeness (QED) is 0.437. The molecule has 1 atom stereocenters. The third-order valence-electron chi connectivity index (χ3n) is 4.03. The first kappa shape index (κ1) is 28.8. The van der Waals surface area contributed by atoms with Gasteiger partial charge in [0, 0.05) is 11.6 Å². The molecule has 0 saturated heterocycles. The van der Waals surface area contributed by atoms with Crippen molar-refractivity contribution in [3.63, 3.8) is 0 Å². The molecule has 0 aromatic carbocycles. The van der Waals surface area contributed by atoms with Crippen molar-refractivity contribution >= 4 is 44.6 Å². The highest BCUT2D eigenvalue weighted by atomic mass is 79.9. The fourth-order valence-corrected chi connectivity index (χ4v) is 4.02. The van der Waals surface area contributed by atoms with Gasteiger partial charge in [0.1, 0.15) is 21.5 Å². The van der Waals surface area contributed by atoms with Gasteiger partial charge in [0.2, 0.25) is 0 Å². The molecule has 2 aromatic heterocycles. The van der Waals surface area contributed by atoms with Crippen LogP contribution in [0.25, 0.3) is 0 Å². The number of amides is 2. The molecule has 2 aromatic rings. The first-order valence-corrected chi connectivity index (χ1v) is 12.2. The van der Waals surface area contributed by atoms with Gasteiger partial charge < -0.3 is 14.8 Å². The number of hydrogen-bond acceptors (Lipinski definition) is 7. The molecule has 0 aliphatic rings. The van der Waals surface area contributed by atoms with Crippen LogP contribution in [0.1, 0.15) is 52.8 Å². The fraction of sp³-hybridized carbons (Fsp3) is 0.545. The van der Waals surface area contributed by atoms with Crippen LogP contribution in [0.15, 0.2) is 28.3 Å². The number of hydrogen-bond donors (Lipinski definition) is 1. The molecule has 0 unspecified atom stereocenters. The molecule has 194 valence electrons. The van der Waals surface area contributed by atoms with Crippen LogP contribution in [-0.4, -0.2) is 45.9 Å². The van der Waals surface area contributed by atoms with Crippen LogP contribution in [0.3, 0.4) is 0 Å². The van der Waals surface area contributed by atoms with Crippen molar-refractivity contribution < 1.29 is 32.2 Å². The van der Waals surface area contributed by atoms with Crippen molar-refractivity contribution in [3.8, 4) is 0 Å². The van der Waals surface area contributed by atoms with Gasteiger partial charge >= 0.3 is 18.4 Å². The van der Waals surface area contributed by atoms with Gasteiger partial charge in [0.05, 0.1) is 12.6 Å². The van der Waals surface area contributed by atoms with Gasteiger partial charge in [-0.15, -0.1) is 11.3 Å². The highest BCUT2D eigenvalue weighted by molar-refractivity contribution is 9.10. The van der Waals surface area contributed by atoms with Gasteiger partial charge in [-0.05, 0) is 75.5 Å². The Morgan fingerprint density at radius 3 is 2.20 bits per heavy atom. The molecule has 0 spiro atoms. The predicted molar refractivity (Wildman–Crippen MR) is 129 cm³/mol. The molecule has 0 bridgehead atoms. The molecule has 13 heteroatoms. The summed E-state index contributed by atoms with van der Waals surface area (Å²) < 4.78 is 50.0. The molecule has 0 radical (unpaired) electrons. The number of carbonyl (C=O) groups is 2. The minimum absolute atomic E-state index is 0.0657. The smallest absolute Gasteiger partial charge is 0.433 e. The summed E-state index contributed by atoms with van der Waals surface area (Å²) in [7, 11) is 0. The number of rotatable bonds is 6. The number of aromatic nitrogens is 2. The molecule has 0 aliphatic heterocycles. The molecular formula is C22H28BrF3N4O4S. The van der Waals surface area contributed by atoms with E-state index in [1.165, 1.54) is 22.3 Å². The number of carbonyl (C=O) groups excluding carboxylic acids is 2. The van der Waals surface area contributed by atoms with E-state index >= 15 is 0 Å². The Morgan fingerprint density at radius 1 is 1.11 bits per heavy atom. The summed E-state index contributed by atoms with van der Waals surface area (Å²) in [6.45, 7) is 10.1. The molecule has 2 heterocycles. The second kappa shape index (κ2) is 11.1. The van der Waals surface area contributed by atoms with Crippen LogP contribution in [0.5, 0.6) is 0 Å². The maximum absolute atomic E-state index is 13.0. The lowest BCUT2D eigenvalue weighted by Gasteiger charge is -2.30. The van der Waals surface area contributed by atoms with Crippen LogP contribution in [0.4, 0.5) is 27.9 Å². The second-order valence-electron chi connectivity index (χ2n) is 9.64. The van der Waals surface area contributed by atoms with Crippen molar-refractivity contribution in [2.24, 2.45) is 0 Å². The summed E-state index contributed by atoms with van der Waals surface area (Å²) in [5.74, 6) is 0. The Bertz CT molecular complexity index is 1020. The van der Waals surface area contributed by atoms with Crippen LogP contribution in [-0.2, 0) is 22.1 Å². The Kier molecular flexibility index (Phi) is 9.15. The largest absolute Gasteiger partial charge is 0.444 e. The monoisotopic (exact) mass is 580 g/mol. The number of thiazole rings is 1. The zero-order chi connectivity index (χ0) is 26.6. The van der Waals surface area contributed by atoms with E-state index in [1.807, 2.05) is 0 Å². The number of alkyl carbamates (subject to hydrolysis) is 1. The van der Waals surface area contributed by atoms with E-state index in [4.69, 9.17) is 9.47 Å². The van der Waals surface area contributed by atoms with E-state index in [1.54, 1.807) is 46.9 Å². The summed E-state index contributed by atoms with van der Waals surface area (Å²) in [6, 6.07) is 1.37. The molecule has 0 fully saturated rings. The lowest BCUT2D eigenvalue weighted by atomic mass is 10.1. The fourth-order valence-electron chi connectivity index (χ4n) is 2.77. The minimum atomic E-state index is -4.57. The number of anilines is 1. The molecule has 0 saturated carbocycles. The number of pyridine rings is 1. The van der Waals surface area contributed by atoms with Crippen molar-refractivity contribution in [2.75, 3.05) is 11.4 Å². The van der Waals surface area contributed by atoms with Crippen molar-refractivity contribution in [1.82, 2.24) is 15.3 Å². The normalized spacial score (nSPS) is 13.2. The lowest BCUT2D eigenvalue weighted by molar-refractivity contribution is -0.141. The third kappa shape index (κ3) is 10.0. The molecule has 1 N–H and O–H groups in total. The molecular weight excluding hydrogens is 553 g/mol. The van der Waals surface area contributed by atoms with E-state index in [-0.39, 0.29) is 13.0 Å². The zero-order valence-electron chi connectivity index (χ0n) is 20.2. The highest BCUT2D eigenvalue weighted by Crippen LogP contribution is 2.28. The standard InChI is InChI=1S/C22H28BrF3N4O4S/c1-20(2,3)33-18(31)28-14(9-13-7-8-15(27-10-13)22(24,25)26)11-30(17-29-16(23)12-35-17)19(32)34-21(4,5)6/h7-8,10,12,14H,9,11H2,1-6H3,(H,28,31)/t14-/m1/s1. The van der Waals surface area contributed by atoms with Crippen molar-refractivity contribution in [3.05, 3.63) is 39.6 Å². The Morgan fingerprint density at radius 2 is 1.74 bits per heavy atom. The second-order valence-corrected chi connectivity index (χ2v) is 11.3. The third-order valence-corrected chi connectivity index (χ3v) is 5.60. The van der Waals surface area contributed by atoms with Crippen LogP contribution < -0.4 is 10.2 Å². The van der Waals surface area contributed by atoms with E-state index in [0.29, 0.717) is 15.3 Å². The Labute approximate surface area is 214 Å². The highest BCUT2D eigenvalue weighted by Gasteiger charge is 2.33. The molecule has 35 heavy (non-hydrogen) atoms. The Balaban J connectivity index is 2.34. The van der Waals surface area contributed by atoms with Crippen LogP contribution in [0, 0.1) is 0 Å². The van der Waals surface area contributed by atoms with Gasteiger partial charge in [-0.1, -0.05) is 6.07 Å². The minimum Gasteiger partial charge on any atom is -0.444 e. The summed E-state index contributed by atoms with van der Waals surface area (Å²) >= 11 is 4.44. The molecule has 8 nitrogen and oxygen atoms in total. The topological polar surface area (TPSA) is 93.7 Å². The van der Waals surface area contributed by atoms with Crippen LogP contribution >= 0.6 is 27.3 Å². The van der Waals surface area contributed by atoms with Crippen LogP contribution in [0.2, 0.25) is 0 Å². The van der Waals surface area contributed by atoms with Crippen molar-refractivity contribution in [2.45, 2.75) is 71.4 Å². The number of nitrogens with one attached hydrogen (secondary N) is 1. The van der Waals surface area contributed by atoms with Gasteiger partial charge in [-0.25, -0.2) is 14.6 Å². The number of ether oxygens (including phenoxy) is 2. The van der Waals surface area contributed by atoms with Crippen molar-refractivity contribution in [1.29, 1.82) is 0 Å². The average Bonchev–Trinajstić information content (AvgIpc) is 3.08. The lowest BCUT2D eigenvalue weighted by Crippen LogP contribution is -2.49. The SMILES string of the molecule is CC(C)(C)OC(=O)N[C@H](Cc1ccc(C(F)(F)F)nc1)CN(C(=O)OC(C)(C)C)c1nc(Br)cs1. The van der Waals surface area contributed by atoms with E-state index in [9.17, 15) is 22.8 Å². The maximum Gasteiger partial charge on any atom is 0.433 e. The van der Waals surface area contributed by atoms with Gasteiger partial charge in [0.15, 0.2) is 5.13 Å². The predicted octanol–water partition coefficient (Wildman–Crippen LogP) is 6.20. The van der Waals surface area contributed by atoms with Gasteiger partial charge in [-0.2, -0.15) is 13.2 Å².